The molecule has 26 heavy (non-hydrogen) atoms. The summed E-state index contributed by atoms with van der Waals surface area (Å²) < 4.78 is 0. The predicted octanol–water partition coefficient (Wildman–Crippen LogP) is 4.24. The number of allylic oxidation sites excluding steroid dienone is 2. The van der Waals surface area contributed by atoms with Crippen molar-refractivity contribution in [2.24, 2.45) is 11.5 Å². The van der Waals surface area contributed by atoms with Gasteiger partial charge in [-0.25, -0.2) is 0 Å². The normalized spacial score (nSPS) is 12.4. The summed E-state index contributed by atoms with van der Waals surface area (Å²) in [5.41, 5.74) is 14.6. The minimum atomic E-state index is 0.131. The van der Waals surface area contributed by atoms with Gasteiger partial charge in [-0.1, -0.05) is 60.7 Å². The van der Waals surface area contributed by atoms with Crippen LogP contribution in [0.3, 0.4) is 0 Å². The second-order valence-electron chi connectivity index (χ2n) is 5.25. The zero-order valence-corrected chi connectivity index (χ0v) is 15.7. The van der Waals surface area contributed by atoms with E-state index in [9.17, 15) is 10.5 Å². The Bertz CT molecular complexity index is 800. The van der Waals surface area contributed by atoms with Crippen LogP contribution in [0.15, 0.2) is 81.9 Å². The Kier molecular flexibility index (Phi) is 7.70. The molecule has 0 amide bonds. The fraction of sp³-hybridized carbons (Fsp3) is 0.100. The molecule has 2 aromatic rings. The van der Waals surface area contributed by atoms with E-state index < -0.39 is 0 Å². The maximum Gasteiger partial charge on any atom is 0.103 e. The summed E-state index contributed by atoms with van der Waals surface area (Å²) in [5.74, 6) is 1.24. The van der Waals surface area contributed by atoms with Crippen LogP contribution >= 0.6 is 23.5 Å². The molecule has 0 atom stereocenters. The van der Waals surface area contributed by atoms with Crippen LogP contribution in [0, 0.1) is 22.7 Å². The Hall–Kier alpha value is -2.80. The van der Waals surface area contributed by atoms with Crippen LogP contribution < -0.4 is 11.5 Å². The van der Waals surface area contributed by atoms with E-state index in [1.54, 1.807) is 0 Å². The van der Waals surface area contributed by atoms with Gasteiger partial charge in [-0.2, -0.15) is 10.5 Å². The number of nitriles is 2. The number of rotatable bonds is 7. The number of hydrogen-bond donors (Lipinski definition) is 2. The highest BCUT2D eigenvalue weighted by atomic mass is 32.2. The molecule has 0 saturated heterocycles. The van der Waals surface area contributed by atoms with Gasteiger partial charge in [0.25, 0.3) is 0 Å². The first-order chi connectivity index (χ1) is 12.7. The van der Waals surface area contributed by atoms with Gasteiger partial charge in [-0.3, -0.25) is 0 Å². The molecule has 2 aromatic carbocycles. The zero-order chi connectivity index (χ0) is 18.8. The van der Waals surface area contributed by atoms with Crippen molar-refractivity contribution in [2.45, 2.75) is 11.5 Å². The monoisotopic (exact) mass is 378 g/mol. The second-order valence-corrected chi connectivity index (χ2v) is 7.29. The largest absolute Gasteiger partial charge is 0.392 e. The third-order valence-corrected chi connectivity index (χ3v) is 5.43. The Morgan fingerprint density at radius 1 is 0.692 bits per heavy atom. The van der Waals surface area contributed by atoms with Crippen LogP contribution in [-0.2, 0) is 11.5 Å². The molecule has 0 fully saturated rings. The van der Waals surface area contributed by atoms with Crippen LogP contribution in [0.2, 0.25) is 0 Å². The van der Waals surface area contributed by atoms with Crippen LogP contribution in [0.25, 0.3) is 0 Å². The predicted molar refractivity (Wildman–Crippen MR) is 109 cm³/mol. The lowest BCUT2D eigenvalue weighted by atomic mass is 10.1. The first-order valence-corrected chi connectivity index (χ1v) is 9.76. The van der Waals surface area contributed by atoms with Crippen LogP contribution in [0.4, 0.5) is 0 Å². The van der Waals surface area contributed by atoms with Gasteiger partial charge in [-0.05, 0) is 11.1 Å². The van der Waals surface area contributed by atoms with Crippen molar-refractivity contribution in [2.75, 3.05) is 0 Å². The van der Waals surface area contributed by atoms with E-state index in [2.05, 4.69) is 0 Å². The quantitative estimate of drug-likeness (QED) is 0.552. The molecule has 0 aliphatic carbocycles. The van der Waals surface area contributed by atoms with Crippen LogP contribution in [0.5, 0.6) is 0 Å². The topological polar surface area (TPSA) is 99.6 Å². The van der Waals surface area contributed by atoms with Gasteiger partial charge >= 0.3 is 0 Å². The van der Waals surface area contributed by atoms with Gasteiger partial charge < -0.3 is 11.5 Å². The maximum absolute atomic E-state index is 9.48. The summed E-state index contributed by atoms with van der Waals surface area (Å²) in [6, 6.07) is 23.6. The molecule has 0 bridgehead atoms. The Labute approximate surface area is 162 Å². The summed E-state index contributed by atoms with van der Waals surface area (Å²) >= 11 is 2.65. The third kappa shape index (κ3) is 5.63. The SMILES string of the molecule is N#CC(=C(/N)SCc1ccccc1)/C(C#N)=C(\N)SCc1ccccc1. The lowest BCUT2D eigenvalue weighted by Crippen LogP contribution is -2.05. The van der Waals surface area contributed by atoms with Gasteiger partial charge in [0.15, 0.2) is 0 Å². The van der Waals surface area contributed by atoms with E-state index >= 15 is 0 Å². The first kappa shape index (κ1) is 19.5. The highest BCUT2D eigenvalue weighted by molar-refractivity contribution is 8.02. The van der Waals surface area contributed by atoms with Crippen molar-refractivity contribution >= 4 is 23.5 Å². The molecule has 0 heterocycles. The number of hydrogen-bond acceptors (Lipinski definition) is 6. The summed E-state index contributed by atoms with van der Waals surface area (Å²) in [4.78, 5) is 0. The van der Waals surface area contributed by atoms with Gasteiger partial charge in [0.1, 0.15) is 23.3 Å². The van der Waals surface area contributed by atoms with E-state index in [1.165, 1.54) is 23.5 Å². The molecule has 130 valence electrons. The molecule has 4 N–H and O–H groups in total. The molecule has 0 spiro atoms. The van der Waals surface area contributed by atoms with Crippen LogP contribution in [-0.4, -0.2) is 0 Å². The number of nitrogens with two attached hydrogens (primary N) is 2. The van der Waals surface area contributed by atoms with E-state index in [4.69, 9.17) is 11.5 Å². The van der Waals surface area contributed by atoms with E-state index in [-0.39, 0.29) is 11.1 Å². The van der Waals surface area contributed by atoms with E-state index in [0.717, 1.165) is 11.1 Å². The molecule has 0 radical (unpaired) electrons. The first-order valence-electron chi connectivity index (χ1n) is 7.79. The summed E-state index contributed by atoms with van der Waals surface area (Å²) in [6.07, 6.45) is 0. The Balaban J connectivity index is 2.15. The smallest absolute Gasteiger partial charge is 0.103 e. The van der Waals surface area contributed by atoms with Crippen molar-refractivity contribution < 1.29 is 0 Å². The van der Waals surface area contributed by atoms with E-state index in [1.807, 2.05) is 72.8 Å². The highest BCUT2D eigenvalue weighted by Gasteiger charge is 2.15. The Morgan fingerprint density at radius 2 is 1.04 bits per heavy atom. The number of thioether (sulfide) groups is 2. The fourth-order valence-electron chi connectivity index (χ4n) is 2.08. The summed E-state index contributed by atoms with van der Waals surface area (Å²) in [5, 5.41) is 19.6. The van der Waals surface area contributed by atoms with Crippen molar-refractivity contribution in [3.8, 4) is 12.1 Å². The van der Waals surface area contributed by atoms with Gasteiger partial charge in [0, 0.05) is 11.5 Å². The molecule has 4 nitrogen and oxygen atoms in total. The molecule has 0 aromatic heterocycles. The molecular weight excluding hydrogens is 360 g/mol. The zero-order valence-electron chi connectivity index (χ0n) is 14.1. The molecule has 0 aliphatic rings. The van der Waals surface area contributed by atoms with Crippen molar-refractivity contribution in [3.63, 3.8) is 0 Å². The van der Waals surface area contributed by atoms with Crippen molar-refractivity contribution in [1.82, 2.24) is 0 Å². The summed E-state index contributed by atoms with van der Waals surface area (Å²) in [7, 11) is 0. The maximum atomic E-state index is 9.48. The van der Waals surface area contributed by atoms with Gasteiger partial charge in [0.2, 0.25) is 0 Å². The molecular formula is C20H18N4S2. The third-order valence-electron chi connectivity index (χ3n) is 3.44. The fourth-order valence-corrected chi connectivity index (χ4v) is 3.70. The highest BCUT2D eigenvalue weighted by Crippen LogP contribution is 2.28. The number of benzene rings is 2. The number of nitrogens with zero attached hydrogens (tertiary/aromatic N) is 2. The van der Waals surface area contributed by atoms with E-state index in [0.29, 0.717) is 21.6 Å². The molecule has 0 unspecified atom stereocenters. The van der Waals surface area contributed by atoms with Crippen LogP contribution in [0.1, 0.15) is 11.1 Å². The lowest BCUT2D eigenvalue weighted by Gasteiger charge is -2.08. The van der Waals surface area contributed by atoms with Crippen molar-refractivity contribution in [3.05, 3.63) is 93.0 Å². The Morgan fingerprint density at radius 3 is 1.35 bits per heavy atom. The van der Waals surface area contributed by atoms with Gasteiger partial charge in [-0.15, -0.1) is 23.5 Å². The van der Waals surface area contributed by atoms with Crippen molar-refractivity contribution in [1.29, 1.82) is 10.5 Å². The lowest BCUT2D eigenvalue weighted by molar-refractivity contribution is 1.33. The average Bonchev–Trinajstić information content (AvgIpc) is 2.69. The minimum absolute atomic E-state index is 0.131. The molecule has 0 saturated carbocycles. The molecule has 0 aliphatic heterocycles. The van der Waals surface area contributed by atoms with Gasteiger partial charge in [0.05, 0.1) is 10.1 Å². The second kappa shape index (κ2) is 10.2. The molecule has 2 rings (SSSR count). The average molecular weight is 379 g/mol. The molecule has 6 heteroatoms. The summed E-state index contributed by atoms with van der Waals surface area (Å²) in [6.45, 7) is 0. The minimum Gasteiger partial charge on any atom is -0.392 e. The standard InChI is InChI=1S/C20H18N4S2/c21-11-17(19(23)25-13-15-7-3-1-4-8-15)18(12-22)20(24)26-14-16-9-5-2-6-10-16/h1-10H,13-14,23-24H2/b19-17+,20-18+.